The molecule has 0 radical (unpaired) electrons. The maximum atomic E-state index is 12.5. The van der Waals surface area contributed by atoms with Crippen molar-refractivity contribution < 1.29 is 9.53 Å². The molecule has 1 aromatic heterocycles. The van der Waals surface area contributed by atoms with E-state index >= 15 is 0 Å². The molecule has 25 heavy (non-hydrogen) atoms. The van der Waals surface area contributed by atoms with Gasteiger partial charge in [0.25, 0.3) is 5.91 Å². The minimum absolute atomic E-state index is 0.0269. The van der Waals surface area contributed by atoms with E-state index in [2.05, 4.69) is 10.1 Å². The summed E-state index contributed by atoms with van der Waals surface area (Å²) in [6, 6.07) is 15.8. The number of nitrogens with zero attached hydrogens (tertiary/aromatic N) is 3. The van der Waals surface area contributed by atoms with Crippen LogP contribution in [0, 0.1) is 6.92 Å². The second-order valence-corrected chi connectivity index (χ2v) is 7.15. The molecule has 2 heterocycles. The van der Waals surface area contributed by atoms with Crippen molar-refractivity contribution in [1.29, 1.82) is 0 Å². The number of hydrogen-bond acceptors (Lipinski definition) is 5. The molecule has 4 rings (SSSR count). The Labute approximate surface area is 150 Å². The van der Waals surface area contributed by atoms with Crippen molar-refractivity contribution in [2.24, 2.45) is 0 Å². The molecule has 1 aliphatic rings. The highest BCUT2D eigenvalue weighted by Crippen LogP contribution is 2.41. The Hall–Kier alpha value is -2.60. The van der Waals surface area contributed by atoms with Crippen LogP contribution in [0.15, 0.2) is 53.7 Å². The molecule has 0 fully saturated rings. The highest BCUT2D eigenvalue weighted by molar-refractivity contribution is 7.99. The Bertz CT molecular complexity index is 934. The lowest BCUT2D eigenvalue weighted by atomic mass is 10.1. The van der Waals surface area contributed by atoms with Gasteiger partial charge in [0, 0.05) is 17.2 Å². The third-order valence-corrected chi connectivity index (χ3v) is 5.38. The third kappa shape index (κ3) is 3.05. The van der Waals surface area contributed by atoms with Crippen LogP contribution >= 0.6 is 11.8 Å². The number of benzene rings is 2. The summed E-state index contributed by atoms with van der Waals surface area (Å²) in [6.45, 7) is 2.03. The Morgan fingerprint density at radius 2 is 2.00 bits per heavy atom. The fourth-order valence-electron chi connectivity index (χ4n) is 2.86. The van der Waals surface area contributed by atoms with Gasteiger partial charge in [-0.3, -0.25) is 4.79 Å². The van der Waals surface area contributed by atoms with E-state index in [1.54, 1.807) is 18.9 Å². The van der Waals surface area contributed by atoms with Crippen molar-refractivity contribution in [2.75, 3.05) is 7.11 Å². The lowest BCUT2D eigenvalue weighted by Gasteiger charge is -2.20. The van der Waals surface area contributed by atoms with Gasteiger partial charge in [0.1, 0.15) is 5.75 Å². The molecule has 0 bridgehead atoms. The smallest absolute Gasteiger partial charge is 0.250 e. The van der Waals surface area contributed by atoms with Gasteiger partial charge in [-0.2, -0.15) is 4.68 Å². The summed E-state index contributed by atoms with van der Waals surface area (Å²) in [5, 5.41) is 5.10. The van der Waals surface area contributed by atoms with Gasteiger partial charge < -0.3 is 4.74 Å². The molecule has 3 aromatic rings. The fraction of sp³-hybridized carbons (Fsp3) is 0.211. The molecular weight excluding hydrogens is 334 g/mol. The van der Waals surface area contributed by atoms with Crippen LogP contribution in [0.1, 0.15) is 27.6 Å². The van der Waals surface area contributed by atoms with Crippen LogP contribution < -0.4 is 4.74 Å². The summed E-state index contributed by atoms with van der Waals surface area (Å²) in [5.41, 5.74) is 3.15. The van der Waals surface area contributed by atoms with Crippen molar-refractivity contribution >= 4 is 17.7 Å². The number of aromatic nitrogens is 3. The van der Waals surface area contributed by atoms with Crippen LogP contribution in [0.4, 0.5) is 0 Å². The van der Waals surface area contributed by atoms with E-state index in [0.29, 0.717) is 17.4 Å². The molecule has 1 atom stereocenters. The Balaban J connectivity index is 1.65. The van der Waals surface area contributed by atoms with Crippen molar-refractivity contribution in [3.63, 3.8) is 0 Å². The molecule has 2 aromatic carbocycles. The molecule has 0 spiro atoms. The van der Waals surface area contributed by atoms with Gasteiger partial charge in [-0.1, -0.05) is 47.7 Å². The van der Waals surface area contributed by atoms with Crippen molar-refractivity contribution in [2.45, 2.75) is 23.8 Å². The maximum Gasteiger partial charge on any atom is 0.250 e. The minimum atomic E-state index is -0.0269. The van der Waals surface area contributed by atoms with Crippen LogP contribution in [0.2, 0.25) is 0 Å². The molecular formula is C19H17N3O2S. The average molecular weight is 351 g/mol. The normalized spacial score (nSPS) is 16.6. The number of aryl methyl sites for hydroxylation is 1. The SMILES string of the molecule is COc1ccc([C@@H]2CC(=O)n3nc(-c4cccc(C)c4)nc3S2)cc1. The Morgan fingerprint density at radius 3 is 2.72 bits per heavy atom. The van der Waals surface area contributed by atoms with E-state index in [1.165, 1.54) is 4.68 Å². The highest BCUT2D eigenvalue weighted by atomic mass is 32.2. The molecule has 0 unspecified atom stereocenters. The zero-order valence-corrected chi connectivity index (χ0v) is 14.8. The molecule has 0 saturated heterocycles. The van der Waals surface area contributed by atoms with E-state index < -0.39 is 0 Å². The quantitative estimate of drug-likeness (QED) is 0.710. The van der Waals surface area contributed by atoms with Gasteiger partial charge in [0.05, 0.1) is 7.11 Å². The monoisotopic (exact) mass is 351 g/mol. The maximum absolute atomic E-state index is 12.5. The van der Waals surface area contributed by atoms with E-state index in [-0.39, 0.29) is 11.2 Å². The lowest BCUT2D eigenvalue weighted by molar-refractivity contribution is 0.0868. The number of ether oxygens (including phenoxy) is 1. The molecule has 0 N–H and O–H groups in total. The molecule has 5 nitrogen and oxygen atoms in total. The van der Waals surface area contributed by atoms with Gasteiger partial charge >= 0.3 is 0 Å². The molecule has 1 aliphatic heterocycles. The first-order valence-electron chi connectivity index (χ1n) is 8.02. The first-order valence-corrected chi connectivity index (χ1v) is 8.90. The summed E-state index contributed by atoms with van der Waals surface area (Å²) >= 11 is 1.57. The zero-order chi connectivity index (χ0) is 17.4. The predicted octanol–water partition coefficient (Wildman–Crippen LogP) is 4.14. The minimum Gasteiger partial charge on any atom is -0.497 e. The van der Waals surface area contributed by atoms with Gasteiger partial charge in [-0.15, -0.1) is 5.10 Å². The third-order valence-electron chi connectivity index (χ3n) is 4.19. The molecule has 0 saturated carbocycles. The second kappa shape index (κ2) is 6.37. The molecule has 0 aliphatic carbocycles. The second-order valence-electron chi connectivity index (χ2n) is 5.98. The number of thioether (sulfide) groups is 1. The summed E-state index contributed by atoms with van der Waals surface area (Å²) in [5.74, 6) is 1.37. The lowest BCUT2D eigenvalue weighted by Crippen LogP contribution is -2.20. The average Bonchev–Trinajstić information content (AvgIpc) is 3.07. The van der Waals surface area contributed by atoms with Gasteiger partial charge in [-0.25, -0.2) is 4.98 Å². The Kier molecular flexibility index (Phi) is 4.05. The van der Waals surface area contributed by atoms with Crippen LogP contribution in [0.3, 0.4) is 0 Å². The van der Waals surface area contributed by atoms with Crippen LogP contribution in [0.25, 0.3) is 11.4 Å². The largest absolute Gasteiger partial charge is 0.497 e. The Morgan fingerprint density at radius 1 is 1.20 bits per heavy atom. The van der Waals surface area contributed by atoms with E-state index in [0.717, 1.165) is 22.4 Å². The van der Waals surface area contributed by atoms with Gasteiger partial charge in [-0.05, 0) is 30.7 Å². The number of carbonyl (C=O) groups is 1. The topological polar surface area (TPSA) is 57.0 Å². The first-order chi connectivity index (χ1) is 12.1. The zero-order valence-electron chi connectivity index (χ0n) is 14.0. The van der Waals surface area contributed by atoms with Gasteiger partial charge in [0.15, 0.2) is 11.0 Å². The van der Waals surface area contributed by atoms with E-state index in [9.17, 15) is 4.79 Å². The predicted molar refractivity (Wildman–Crippen MR) is 97.0 cm³/mol. The standard InChI is InChI=1S/C19H17N3O2S/c1-12-4-3-5-14(10-12)18-20-19-22(21-18)17(23)11-16(25-19)13-6-8-15(24-2)9-7-13/h3-10,16H,11H2,1-2H3/t16-/m0/s1. The van der Waals surface area contributed by atoms with Crippen LogP contribution in [0.5, 0.6) is 5.75 Å². The van der Waals surface area contributed by atoms with Crippen LogP contribution in [-0.2, 0) is 0 Å². The summed E-state index contributed by atoms with van der Waals surface area (Å²) < 4.78 is 6.63. The molecule has 126 valence electrons. The van der Waals surface area contributed by atoms with Crippen molar-refractivity contribution in [1.82, 2.24) is 14.8 Å². The summed E-state index contributed by atoms with van der Waals surface area (Å²) in [4.78, 5) is 17.1. The van der Waals surface area contributed by atoms with Crippen molar-refractivity contribution in [3.05, 3.63) is 59.7 Å². The first kappa shape index (κ1) is 15.9. The van der Waals surface area contributed by atoms with Gasteiger partial charge in [0.2, 0.25) is 0 Å². The highest BCUT2D eigenvalue weighted by Gasteiger charge is 2.30. The number of fused-ring (bicyclic) bond motifs is 1. The van der Waals surface area contributed by atoms with Crippen molar-refractivity contribution in [3.8, 4) is 17.1 Å². The molecule has 0 amide bonds. The van der Waals surface area contributed by atoms with E-state index in [1.807, 2.05) is 55.5 Å². The number of methoxy groups -OCH3 is 1. The number of carbonyl (C=O) groups excluding carboxylic acids is 1. The summed E-state index contributed by atoms with van der Waals surface area (Å²) in [6.07, 6.45) is 0.403. The number of rotatable bonds is 3. The number of hydrogen-bond donors (Lipinski definition) is 0. The fourth-order valence-corrected chi connectivity index (χ4v) is 4.02. The van der Waals surface area contributed by atoms with E-state index in [4.69, 9.17) is 4.74 Å². The summed E-state index contributed by atoms with van der Waals surface area (Å²) in [7, 11) is 1.64. The van der Waals surface area contributed by atoms with Crippen LogP contribution in [-0.4, -0.2) is 27.8 Å². The molecule has 6 heteroatoms.